The largest absolute Gasteiger partial charge is 0.513 e. The van der Waals surface area contributed by atoms with E-state index in [-0.39, 0.29) is 57.7 Å². The van der Waals surface area contributed by atoms with Gasteiger partial charge >= 0.3 is 36.9 Å². The normalized spacial score (nSPS) is 10.9. The predicted molar refractivity (Wildman–Crippen MR) is 566 cm³/mol. The molecule has 12 aromatic rings. The fraction of sp³-hybridized carbons (Fsp3) is 0.264. The van der Waals surface area contributed by atoms with Gasteiger partial charge in [-0.15, -0.1) is 0 Å². The highest BCUT2D eigenvalue weighted by atomic mass is 35.5. The zero-order chi connectivity index (χ0) is 106. The Hall–Kier alpha value is -11.4. The number of hydrogen-bond acceptors (Lipinski definition) is 27. The van der Waals surface area contributed by atoms with Gasteiger partial charge < -0.3 is 95.1 Å². The van der Waals surface area contributed by atoms with Gasteiger partial charge in [0.1, 0.15) is 114 Å². The lowest BCUT2D eigenvalue weighted by Gasteiger charge is -2.16. The quantitative estimate of drug-likeness (QED) is 0.0183. The number of thiol groups is 1. The highest BCUT2D eigenvalue weighted by Gasteiger charge is 2.30. The van der Waals surface area contributed by atoms with E-state index in [2.05, 4.69) is 41.0 Å². The summed E-state index contributed by atoms with van der Waals surface area (Å²) in [4.78, 5) is 68.5. The van der Waals surface area contributed by atoms with Crippen LogP contribution < -0.4 is 61.6 Å². The van der Waals surface area contributed by atoms with Gasteiger partial charge in [0.05, 0.1) is 91.6 Å². The number of aliphatic hydroxyl groups excluding tert-OH is 1. The first kappa shape index (κ1) is 119. The van der Waals surface area contributed by atoms with E-state index in [1.54, 1.807) is 146 Å². The Bertz CT molecular complexity index is 6220. The Morgan fingerprint density at radius 1 is 0.269 bits per heavy atom. The molecule has 145 heavy (non-hydrogen) atoms. The smallest absolute Gasteiger partial charge is 0.493 e. The molecule has 0 amide bonds. The number of benzene rings is 12. The van der Waals surface area contributed by atoms with Crippen molar-refractivity contribution in [3.8, 4) is 74.7 Å². The summed E-state index contributed by atoms with van der Waals surface area (Å²) < 4.78 is 98.5. The summed E-state index contributed by atoms with van der Waals surface area (Å²) in [5, 5.41) is 15.6. The molecule has 13 rings (SSSR count). The van der Waals surface area contributed by atoms with Gasteiger partial charge in [-0.3, -0.25) is 0 Å². The lowest BCUT2D eigenvalue weighted by atomic mass is 10.0. The van der Waals surface area contributed by atoms with Crippen LogP contribution in [0, 0.1) is 48.5 Å². The van der Waals surface area contributed by atoms with Gasteiger partial charge in [-0.1, -0.05) is 213 Å². The van der Waals surface area contributed by atoms with Crippen LogP contribution in [0.5, 0.6) is 74.7 Å². The van der Waals surface area contributed by atoms with Gasteiger partial charge in [-0.25, -0.2) is 28.8 Å². The summed E-state index contributed by atoms with van der Waals surface area (Å²) in [5.74, 6) is 6.25. The molecule has 0 aliphatic heterocycles. The van der Waals surface area contributed by atoms with Crippen molar-refractivity contribution < 1.29 is 124 Å². The van der Waals surface area contributed by atoms with Crippen molar-refractivity contribution in [2.24, 2.45) is 0 Å². The van der Waals surface area contributed by atoms with E-state index in [1.807, 2.05) is 98.7 Å². The standard InChI is InChI=1S/C19H18Cl2O4.C18H18Cl2O5.C18H18Cl2O4.C17H16Cl2O5.C17H16Cl2O4S.C17H16Cl2O4/c1-11-8-16(21)18(9-15(11)20)24-10-14-13(12-6-7-12)4-3-5-17(14)25-19(22)23-2;1-4-23-15-6-5-7-16(25-18(21)22-3)12(15)10-24-17-9-13(19)11(2)8-14(17)20;1-4-12-6-5-7-16(24-18(21)22-3)13(12)10-23-17-9-14(19)11(2)8-15(17)20;1-10-6-14(19)16(7-13(10)18)23-9-12-11(8-20)4-3-5-15(12)24-17(21)22-2;1-10-6-14(19)16(7-13(10)18)22-8-12-11(9-24)4-3-5-15(12)23-17(20)21-2;1-10-5-4-6-15(23-17(20)21-3)12(10)9-22-16-8-13(18)11(2)7-14(16)19/h3-5,8-9,12H,6-7,10H2,1-2H3;5-9H,4,10H2,1-3H3;5-9H,4,10H2,1-3H3;3-7,20H,8-9H2,1-2H3;3-7,24H,8-9H2,1-2H3;4-8H,9H2,1-3H3. The van der Waals surface area contributed by atoms with Crippen molar-refractivity contribution in [2.45, 2.75) is 139 Å². The maximum absolute atomic E-state index is 11.5. The summed E-state index contributed by atoms with van der Waals surface area (Å²) in [5.41, 5.74) is 13.7. The van der Waals surface area contributed by atoms with Crippen LogP contribution in [0.25, 0.3) is 0 Å². The SMILES string of the molecule is CCOc1cccc(OC(=O)OC)c1COc1cc(Cl)c(C)cc1Cl.CCc1cccc(OC(=O)OC)c1COc1cc(Cl)c(C)cc1Cl.COC(=O)Oc1cccc(C)c1COc1cc(Cl)c(C)cc1Cl.COC(=O)Oc1cccc(C2CC2)c1COc1cc(Cl)c(C)cc1Cl.COC(=O)Oc1cccc(CO)c1COc1cc(Cl)c(C)cc1Cl.COC(=O)Oc1cccc(CS)c1COc1cc(Cl)c(C)cc1Cl. The summed E-state index contributed by atoms with van der Waals surface area (Å²) >= 11 is 78.1. The first-order chi connectivity index (χ1) is 69.2. The van der Waals surface area contributed by atoms with Gasteiger partial charge in [0.25, 0.3) is 0 Å². The second kappa shape index (κ2) is 59.5. The molecule has 39 heteroatoms. The monoisotopic (exact) mass is 2240 g/mol. The molecule has 0 aromatic heterocycles. The molecular weight excluding hydrogens is 2150 g/mol. The van der Waals surface area contributed by atoms with Crippen molar-refractivity contribution in [2.75, 3.05) is 49.3 Å². The minimum Gasteiger partial charge on any atom is -0.493 e. The van der Waals surface area contributed by atoms with E-state index in [4.69, 9.17) is 201 Å². The van der Waals surface area contributed by atoms with Crippen LogP contribution in [-0.2, 0) is 86.8 Å². The van der Waals surface area contributed by atoms with Gasteiger partial charge in [0.2, 0.25) is 0 Å². The third-order valence-corrected chi connectivity index (χ3v) is 25.6. The lowest BCUT2D eigenvalue weighted by Crippen LogP contribution is -2.11. The topological polar surface area (TPSA) is 298 Å². The van der Waals surface area contributed by atoms with Crippen molar-refractivity contribution in [1.82, 2.24) is 0 Å². The van der Waals surface area contributed by atoms with Crippen molar-refractivity contribution in [1.29, 1.82) is 0 Å². The molecule has 0 saturated heterocycles. The van der Waals surface area contributed by atoms with Gasteiger partial charge in [0.15, 0.2) is 0 Å². The third-order valence-electron chi connectivity index (χ3n) is 21.0. The fourth-order valence-corrected chi connectivity index (χ4v) is 15.9. The molecule has 0 radical (unpaired) electrons. The molecule has 0 heterocycles. The summed E-state index contributed by atoms with van der Waals surface area (Å²) in [7, 11) is 7.48. The summed E-state index contributed by atoms with van der Waals surface area (Å²) in [6.07, 6.45) is -1.81. The minimum atomic E-state index is -0.859. The van der Waals surface area contributed by atoms with Crippen LogP contribution in [0.2, 0.25) is 60.3 Å². The van der Waals surface area contributed by atoms with Crippen LogP contribution >= 0.6 is 152 Å². The third kappa shape index (κ3) is 36.0. The number of aliphatic hydroxyl groups is 1. The molecule has 772 valence electrons. The Balaban J connectivity index is 0.000000212. The average Bonchev–Trinajstić information content (AvgIpc) is 1.66. The van der Waals surface area contributed by atoms with Crippen molar-refractivity contribution >= 4 is 189 Å². The van der Waals surface area contributed by atoms with Crippen LogP contribution in [0.1, 0.15) is 127 Å². The molecule has 1 aliphatic carbocycles. The van der Waals surface area contributed by atoms with E-state index in [0.29, 0.717) is 164 Å². The number of methoxy groups -OCH3 is 6. The van der Waals surface area contributed by atoms with Gasteiger partial charge in [0, 0.05) is 100 Å². The Morgan fingerprint density at radius 3 is 0.793 bits per heavy atom. The molecular formula is C106H102Cl12O26S. The molecule has 0 spiro atoms. The number of rotatable bonds is 30. The maximum Gasteiger partial charge on any atom is 0.513 e. The molecule has 1 aliphatic rings. The molecule has 12 aromatic carbocycles. The Kier molecular flexibility index (Phi) is 48.7. The molecule has 1 saturated carbocycles. The number of halogens is 12. The predicted octanol–water partition coefficient (Wildman–Crippen LogP) is 32.2. The highest BCUT2D eigenvalue weighted by molar-refractivity contribution is 7.79. The van der Waals surface area contributed by atoms with Crippen LogP contribution in [0.15, 0.2) is 182 Å². The molecule has 0 bridgehead atoms. The highest BCUT2D eigenvalue weighted by Crippen LogP contribution is 2.46. The van der Waals surface area contributed by atoms with Gasteiger partial charge in [-0.2, -0.15) is 12.6 Å². The molecule has 1 fully saturated rings. The first-order valence-electron chi connectivity index (χ1n) is 43.8. The van der Waals surface area contributed by atoms with Crippen LogP contribution in [0.4, 0.5) is 28.8 Å². The Morgan fingerprint density at radius 2 is 0.503 bits per heavy atom. The Labute approximate surface area is 905 Å². The minimum absolute atomic E-state index is 0.0299. The number of hydrogen-bond donors (Lipinski definition) is 2. The van der Waals surface area contributed by atoms with Crippen molar-refractivity contribution in [3.63, 3.8) is 0 Å². The zero-order valence-electron chi connectivity index (χ0n) is 81.0. The number of ether oxygens (including phenoxy) is 19. The summed E-state index contributed by atoms with van der Waals surface area (Å²) in [6, 6.07) is 52.1. The molecule has 1 N–H and O–H groups in total. The van der Waals surface area contributed by atoms with Crippen LogP contribution in [-0.4, -0.2) is 91.3 Å². The first-order valence-corrected chi connectivity index (χ1v) is 49.0. The van der Waals surface area contributed by atoms with E-state index in [9.17, 15) is 33.9 Å². The maximum atomic E-state index is 11.5. The number of carbonyl (C=O) groups excluding carboxylic acids is 6. The molecule has 0 atom stereocenters. The summed E-state index contributed by atoms with van der Waals surface area (Å²) in [6.45, 7) is 18.0. The zero-order valence-corrected chi connectivity index (χ0v) is 91.0. The second-order valence-electron chi connectivity index (χ2n) is 30.9. The van der Waals surface area contributed by atoms with Gasteiger partial charge in [-0.05, 0) is 221 Å². The van der Waals surface area contributed by atoms with E-state index >= 15 is 0 Å². The number of carbonyl (C=O) groups is 6. The lowest BCUT2D eigenvalue weighted by molar-refractivity contribution is 0.119. The molecule has 26 nitrogen and oxygen atoms in total. The molecule has 0 unspecified atom stereocenters. The second-order valence-corrected chi connectivity index (χ2v) is 36.1. The van der Waals surface area contributed by atoms with E-state index in [0.717, 1.165) is 91.6 Å². The van der Waals surface area contributed by atoms with E-state index in [1.165, 1.54) is 42.7 Å². The van der Waals surface area contributed by atoms with Crippen molar-refractivity contribution in [3.05, 3.63) is 337 Å². The fourth-order valence-electron chi connectivity index (χ4n) is 13.0. The number of aryl methyl sites for hydroxylation is 8. The van der Waals surface area contributed by atoms with Crippen LogP contribution in [0.3, 0.4) is 0 Å². The van der Waals surface area contributed by atoms with E-state index < -0.39 is 36.9 Å². The average molecular weight is 2250 g/mol.